The maximum atomic E-state index is 5.56. The van der Waals surface area contributed by atoms with Crippen LogP contribution in [-0.4, -0.2) is 53.2 Å². The van der Waals surface area contributed by atoms with Crippen LogP contribution in [0, 0.1) is 5.92 Å². The fourth-order valence-electron chi connectivity index (χ4n) is 1.82. The topological polar surface area (TPSA) is 39.7 Å². The molecule has 1 rings (SSSR count). The molecule has 0 aliphatic carbocycles. The van der Waals surface area contributed by atoms with Crippen molar-refractivity contribution in [3.05, 3.63) is 0 Å². The van der Waals surface area contributed by atoms with E-state index in [9.17, 15) is 0 Å². The van der Waals surface area contributed by atoms with Crippen LogP contribution in [0.5, 0.6) is 0 Å². The van der Waals surface area contributed by atoms with Gasteiger partial charge in [-0.2, -0.15) is 0 Å². The van der Waals surface area contributed by atoms with Crippen LogP contribution in [0.25, 0.3) is 0 Å². The number of nitrogens with one attached hydrogen (secondary N) is 1. The molecule has 1 aliphatic rings. The molecule has 16 heavy (non-hydrogen) atoms. The van der Waals surface area contributed by atoms with Gasteiger partial charge in [0.25, 0.3) is 0 Å². The van der Waals surface area contributed by atoms with Crippen LogP contribution < -0.4 is 5.32 Å². The lowest BCUT2D eigenvalue weighted by Crippen LogP contribution is -2.11. The molecule has 1 N–H and O–H groups in total. The molecule has 1 heterocycles. The van der Waals surface area contributed by atoms with Crippen molar-refractivity contribution in [1.29, 1.82) is 0 Å². The standard InChI is InChI=1S/C12H25NO3/c1-14-9-10-16-7-2-6-15-8-4-12-3-5-13-11-12/h12-13H,2-11H2,1H3. The molecule has 0 spiro atoms. The Bertz CT molecular complexity index is 149. The Morgan fingerprint density at radius 3 is 2.56 bits per heavy atom. The van der Waals surface area contributed by atoms with Crippen molar-refractivity contribution < 1.29 is 14.2 Å². The Labute approximate surface area is 98.6 Å². The van der Waals surface area contributed by atoms with Gasteiger partial charge in [0.15, 0.2) is 0 Å². The molecule has 1 saturated heterocycles. The van der Waals surface area contributed by atoms with Gasteiger partial charge in [0.1, 0.15) is 0 Å². The zero-order valence-corrected chi connectivity index (χ0v) is 10.4. The highest BCUT2D eigenvalue weighted by Crippen LogP contribution is 2.11. The second-order valence-corrected chi connectivity index (χ2v) is 4.22. The molecule has 1 fully saturated rings. The van der Waals surface area contributed by atoms with Gasteiger partial charge >= 0.3 is 0 Å². The Kier molecular flexibility index (Phi) is 8.71. The minimum atomic E-state index is 0.676. The van der Waals surface area contributed by atoms with E-state index >= 15 is 0 Å². The Morgan fingerprint density at radius 2 is 1.88 bits per heavy atom. The molecule has 4 nitrogen and oxygen atoms in total. The first kappa shape index (κ1) is 13.9. The minimum absolute atomic E-state index is 0.676. The average molecular weight is 231 g/mol. The second-order valence-electron chi connectivity index (χ2n) is 4.22. The lowest BCUT2D eigenvalue weighted by Gasteiger charge is -2.08. The Balaban J connectivity index is 1.71. The summed E-state index contributed by atoms with van der Waals surface area (Å²) in [5, 5.41) is 3.37. The van der Waals surface area contributed by atoms with Crippen molar-refractivity contribution >= 4 is 0 Å². The second kappa shape index (κ2) is 10.0. The molecule has 0 radical (unpaired) electrons. The summed E-state index contributed by atoms with van der Waals surface area (Å²) in [6.07, 6.45) is 3.48. The monoisotopic (exact) mass is 231 g/mol. The quantitative estimate of drug-likeness (QED) is 0.571. The molecular weight excluding hydrogens is 206 g/mol. The number of hydrogen-bond acceptors (Lipinski definition) is 4. The van der Waals surface area contributed by atoms with Crippen LogP contribution in [0.3, 0.4) is 0 Å². The van der Waals surface area contributed by atoms with Crippen molar-refractivity contribution in [2.24, 2.45) is 5.92 Å². The summed E-state index contributed by atoms with van der Waals surface area (Å²) < 4.78 is 15.8. The van der Waals surface area contributed by atoms with E-state index in [1.165, 1.54) is 25.9 Å². The molecule has 1 atom stereocenters. The van der Waals surface area contributed by atoms with E-state index in [4.69, 9.17) is 14.2 Å². The van der Waals surface area contributed by atoms with Gasteiger partial charge in [-0.3, -0.25) is 0 Å². The van der Waals surface area contributed by atoms with Crippen molar-refractivity contribution in [3.8, 4) is 0 Å². The molecule has 96 valence electrons. The third-order valence-electron chi connectivity index (χ3n) is 2.84. The van der Waals surface area contributed by atoms with Gasteiger partial charge in [-0.25, -0.2) is 0 Å². The van der Waals surface area contributed by atoms with Crippen LogP contribution in [0.1, 0.15) is 19.3 Å². The molecule has 0 aromatic rings. The van der Waals surface area contributed by atoms with Gasteiger partial charge < -0.3 is 19.5 Å². The molecule has 1 aliphatic heterocycles. The van der Waals surface area contributed by atoms with E-state index in [1.807, 2.05) is 0 Å². The third-order valence-corrected chi connectivity index (χ3v) is 2.84. The first-order valence-electron chi connectivity index (χ1n) is 6.28. The van der Waals surface area contributed by atoms with Crippen LogP contribution >= 0.6 is 0 Å². The van der Waals surface area contributed by atoms with Crippen molar-refractivity contribution in [3.63, 3.8) is 0 Å². The fraction of sp³-hybridized carbons (Fsp3) is 1.00. The van der Waals surface area contributed by atoms with Gasteiger partial charge in [0, 0.05) is 26.9 Å². The highest BCUT2D eigenvalue weighted by molar-refractivity contribution is 4.70. The van der Waals surface area contributed by atoms with Crippen LogP contribution in [0.2, 0.25) is 0 Å². The predicted molar refractivity (Wildman–Crippen MR) is 63.7 cm³/mol. The number of ether oxygens (including phenoxy) is 3. The van der Waals surface area contributed by atoms with Gasteiger partial charge in [-0.15, -0.1) is 0 Å². The zero-order chi connectivity index (χ0) is 11.5. The Morgan fingerprint density at radius 1 is 1.06 bits per heavy atom. The van der Waals surface area contributed by atoms with E-state index in [2.05, 4.69) is 5.32 Å². The molecule has 4 heteroatoms. The SMILES string of the molecule is COCCOCCCOCCC1CCNC1. The molecule has 0 amide bonds. The van der Waals surface area contributed by atoms with Gasteiger partial charge in [0.05, 0.1) is 13.2 Å². The number of hydrogen-bond donors (Lipinski definition) is 1. The maximum Gasteiger partial charge on any atom is 0.0700 e. The normalized spacial score (nSPS) is 20.4. The van der Waals surface area contributed by atoms with E-state index < -0.39 is 0 Å². The highest BCUT2D eigenvalue weighted by atomic mass is 16.5. The summed E-state index contributed by atoms with van der Waals surface area (Å²) in [7, 11) is 1.68. The lowest BCUT2D eigenvalue weighted by atomic mass is 10.1. The average Bonchev–Trinajstić information content (AvgIpc) is 2.80. The van der Waals surface area contributed by atoms with Gasteiger partial charge in [-0.1, -0.05) is 0 Å². The fourth-order valence-corrected chi connectivity index (χ4v) is 1.82. The van der Waals surface area contributed by atoms with Crippen molar-refractivity contribution in [2.45, 2.75) is 19.3 Å². The largest absolute Gasteiger partial charge is 0.382 e. The summed E-state index contributed by atoms with van der Waals surface area (Å²) >= 11 is 0. The van der Waals surface area contributed by atoms with Gasteiger partial charge in [0.2, 0.25) is 0 Å². The predicted octanol–water partition coefficient (Wildman–Crippen LogP) is 1.06. The summed E-state index contributed by atoms with van der Waals surface area (Å²) in [6.45, 7) is 6.19. The molecular formula is C12H25NO3. The van der Waals surface area contributed by atoms with Crippen molar-refractivity contribution in [1.82, 2.24) is 5.32 Å². The van der Waals surface area contributed by atoms with E-state index in [0.717, 1.165) is 32.2 Å². The number of methoxy groups -OCH3 is 1. The first-order chi connectivity index (χ1) is 7.93. The smallest absolute Gasteiger partial charge is 0.0700 e. The van der Waals surface area contributed by atoms with Crippen LogP contribution in [-0.2, 0) is 14.2 Å². The minimum Gasteiger partial charge on any atom is -0.382 e. The van der Waals surface area contributed by atoms with Crippen LogP contribution in [0.4, 0.5) is 0 Å². The molecule has 1 unspecified atom stereocenters. The highest BCUT2D eigenvalue weighted by Gasteiger charge is 2.13. The zero-order valence-electron chi connectivity index (χ0n) is 10.4. The summed E-state index contributed by atoms with van der Waals surface area (Å²) in [5.41, 5.74) is 0. The molecule has 0 bridgehead atoms. The maximum absolute atomic E-state index is 5.56. The first-order valence-corrected chi connectivity index (χ1v) is 6.28. The van der Waals surface area contributed by atoms with E-state index in [-0.39, 0.29) is 0 Å². The molecule has 0 aromatic carbocycles. The lowest BCUT2D eigenvalue weighted by molar-refractivity contribution is 0.0496. The van der Waals surface area contributed by atoms with Crippen LogP contribution in [0.15, 0.2) is 0 Å². The molecule has 0 aromatic heterocycles. The summed E-state index contributed by atoms with van der Waals surface area (Å²) in [4.78, 5) is 0. The number of rotatable bonds is 10. The summed E-state index contributed by atoms with van der Waals surface area (Å²) in [5.74, 6) is 0.831. The van der Waals surface area contributed by atoms with Crippen molar-refractivity contribution in [2.75, 3.05) is 53.2 Å². The van der Waals surface area contributed by atoms with E-state index in [0.29, 0.717) is 13.2 Å². The molecule has 0 saturated carbocycles. The summed E-state index contributed by atoms with van der Waals surface area (Å²) in [6, 6.07) is 0. The van der Waals surface area contributed by atoms with Gasteiger partial charge in [-0.05, 0) is 38.3 Å². The van der Waals surface area contributed by atoms with E-state index in [1.54, 1.807) is 7.11 Å². The Hall–Kier alpha value is -0.160. The third kappa shape index (κ3) is 7.17.